The van der Waals surface area contributed by atoms with Crippen LogP contribution in [-0.4, -0.2) is 41.6 Å². The van der Waals surface area contributed by atoms with Crippen molar-refractivity contribution in [3.63, 3.8) is 0 Å². The Morgan fingerprint density at radius 1 is 1.22 bits per heavy atom. The minimum atomic E-state index is -0.835. The first-order valence-electron chi connectivity index (χ1n) is 6.46. The van der Waals surface area contributed by atoms with Gasteiger partial charge >= 0.3 is 12.0 Å². The molecule has 2 amide bonds. The Hall–Kier alpha value is -1.26. The van der Waals surface area contributed by atoms with E-state index >= 15 is 0 Å². The van der Waals surface area contributed by atoms with Gasteiger partial charge in [-0.2, -0.15) is 0 Å². The van der Waals surface area contributed by atoms with Crippen LogP contribution in [0, 0.1) is 11.8 Å². The molecule has 5 nitrogen and oxygen atoms in total. The first-order valence-corrected chi connectivity index (χ1v) is 6.46. The van der Waals surface area contributed by atoms with Crippen LogP contribution in [0.5, 0.6) is 0 Å². The Labute approximate surface area is 110 Å². The Morgan fingerprint density at radius 2 is 1.78 bits per heavy atom. The van der Waals surface area contributed by atoms with E-state index in [0.29, 0.717) is 12.5 Å². The normalized spacial score (nSPS) is 14.1. The summed E-state index contributed by atoms with van der Waals surface area (Å²) in [5, 5.41) is 11.4. The van der Waals surface area contributed by atoms with Crippen LogP contribution < -0.4 is 5.32 Å². The average molecular weight is 258 g/mol. The van der Waals surface area contributed by atoms with Crippen LogP contribution in [0.4, 0.5) is 4.79 Å². The number of carboxylic acids is 1. The van der Waals surface area contributed by atoms with E-state index in [-0.39, 0.29) is 24.4 Å². The van der Waals surface area contributed by atoms with Crippen LogP contribution in [0.15, 0.2) is 0 Å². The summed E-state index contributed by atoms with van der Waals surface area (Å²) in [7, 11) is 1.77. The number of carbonyl (C=O) groups is 2. The molecular weight excluding hydrogens is 232 g/mol. The highest BCUT2D eigenvalue weighted by molar-refractivity contribution is 5.74. The summed E-state index contributed by atoms with van der Waals surface area (Å²) < 4.78 is 0. The molecule has 106 valence electrons. The smallest absolute Gasteiger partial charge is 0.317 e. The SMILES string of the molecule is CC(C)CC(C)N(C)C(=O)NCC(C)CC(=O)O. The summed E-state index contributed by atoms with van der Waals surface area (Å²) in [6, 6.07) is 0.0418. The van der Waals surface area contributed by atoms with Gasteiger partial charge < -0.3 is 15.3 Å². The molecule has 2 unspecified atom stereocenters. The fourth-order valence-corrected chi connectivity index (χ4v) is 1.80. The van der Waals surface area contributed by atoms with Gasteiger partial charge in [0.2, 0.25) is 0 Å². The van der Waals surface area contributed by atoms with Gasteiger partial charge in [-0.25, -0.2) is 4.79 Å². The number of amides is 2. The van der Waals surface area contributed by atoms with E-state index < -0.39 is 5.97 Å². The first-order chi connectivity index (χ1) is 8.23. The number of carbonyl (C=O) groups excluding carboxylic acids is 1. The summed E-state index contributed by atoms with van der Waals surface area (Å²) in [5.74, 6) is -0.347. The third-order valence-corrected chi connectivity index (χ3v) is 2.92. The summed E-state index contributed by atoms with van der Waals surface area (Å²) >= 11 is 0. The van der Waals surface area contributed by atoms with Crippen molar-refractivity contribution in [3.8, 4) is 0 Å². The quantitative estimate of drug-likeness (QED) is 0.735. The maximum Gasteiger partial charge on any atom is 0.317 e. The molecule has 0 saturated carbocycles. The second kappa shape index (κ2) is 7.95. The van der Waals surface area contributed by atoms with Gasteiger partial charge in [-0.3, -0.25) is 4.79 Å². The van der Waals surface area contributed by atoms with Crippen molar-refractivity contribution in [2.75, 3.05) is 13.6 Å². The van der Waals surface area contributed by atoms with E-state index in [2.05, 4.69) is 19.2 Å². The molecule has 2 N–H and O–H groups in total. The number of urea groups is 1. The Bertz CT molecular complexity index is 279. The average Bonchev–Trinajstić information content (AvgIpc) is 2.22. The molecule has 0 saturated heterocycles. The molecule has 0 aromatic heterocycles. The van der Waals surface area contributed by atoms with Crippen LogP contribution in [-0.2, 0) is 4.79 Å². The zero-order chi connectivity index (χ0) is 14.3. The van der Waals surface area contributed by atoms with Crippen LogP contribution in [0.1, 0.15) is 40.5 Å². The van der Waals surface area contributed by atoms with E-state index in [0.717, 1.165) is 6.42 Å². The van der Waals surface area contributed by atoms with Gasteiger partial charge in [-0.05, 0) is 25.2 Å². The number of aliphatic carboxylic acids is 1. The van der Waals surface area contributed by atoms with Crippen LogP contribution >= 0.6 is 0 Å². The Morgan fingerprint density at radius 3 is 2.22 bits per heavy atom. The highest BCUT2D eigenvalue weighted by atomic mass is 16.4. The molecule has 18 heavy (non-hydrogen) atoms. The van der Waals surface area contributed by atoms with Gasteiger partial charge in [0.05, 0.1) is 0 Å². The molecule has 0 aliphatic heterocycles. The molecule has 0 aliphatic rings. The van der Waals surface area contributed by atoms with E-state index in [1.807, 2.05) is 13.8 Å². The fourth-order valence-electron chi connectivity index (χ4n) is 1.80. The Balaban J connectivity index is 4.04. The number of hydrogen-bond donors (Lipinski definition) is 2. The standard InChI is InChI=1S/C13H26N2O3/c1-9(2)6-11(4)15(5)13(18)14-8-10(3)7-12(16)17/h9-11H,6-8H2,1-5H3,(H,14,18)(H,16,17). The molecule has 0 radical (unpaired) electrons. The van der Waals surface area contributed by atoms with Gasteiger partial charge in [0.25, 0.3) is 0 Å². The van der Waals surface area contributed by atoms with Crippen molar-refractivity contribution < 1.29 is 14.7 Å². The third kappa shape index (κ3) is 7.14. The third-order valence-electron chi connectivity index (χ3n) is 2.92. The molecule has 0 aromatic rings. The molecule has 0 spiro atoms. The van der Waals surface area contributed by atoms with Gasteiger partial charge in [-0.15, -0.1) is 0 Å². The summed E-state index contributed by atoms with van der Waals surface area (Å²) in [5.41, 5.74) is 0. The van der Waals surface area contributed by atoms with E-state index in [1.165, 1.54) is 0 Å². The van der Waals surface area contributed by atoms with Crippen LogP contribution in [0.3, 0.4) is 0 Å². The molecule has 0 aliphatic carbocycles. The number of nitrogens with one attached hydrogen (secondary N) is 1. The molecule has 5 heteroatoms. The zero-order valence-electron chi connectivity index (χ0n) is 12.1. The van der Waals surface area contributed by atoms with Gasteiger partial charge in [0.1, 0.15) is 0 Å². The minimum Gasteiger partial charge on any atom is -0.481 e. The van der Waals surface area contributed by atoms with Crippen molar-refractivity contribution in [3.05, 3.63) is 0 Å². The lowest BCUT2D eigenvalue weighted by atomic mass is 10.0. The van der Waals surface area contributed by atoms with Crippen molar-refractivity contribution in [1.82, 2.24) is 10.2 Å². The second-order valence-electron chi connectivity index (χ2n) is 5.48. The lowest BCUT2D eigenvalue weighted by molar-refractivity contribution is -0.137. The predicted octanol–water partition coefficient (Wildman–Crippen LogP) is 2.17. The predicted molar refractivity (Wildman–Crippen MR) is 71.5 cm³/mol. The fraction of sp³-hybridized carbons (Fsp3) is 0.846. The van der Waals surface area contributed by atoms with Crippen LogP contribution in [0.25, 0.3) is 0 Å². The summed E-state index contributed by atoms with van der Waals surface area (Å²) in [6.45, 7) is 8.46. The minimum absolute atomic E-state index is 0.0553. The van der Waals surface area contributed by atoms with E-state index in [9.17, 15) is 9.59 Å². The van der Waals surface area contributed by atoms with Gasteiger partial charge in [-0.1, -0.05) is 20.8 Å². The molecule has 0 bridgehead atoms. The number of carboxylic acid groups (broad SMARTS) is 1. The lowest BCUT2D eigenvalue weighted by Crippen LogP contribution is -2.44. The molecule has 0 rings (SSSR count). The van der Waals surface area contributed by atoms with Crippen molar-refractivity contribution >= 4 is 12.0 Å². The van der Waals surface area contributed by atoms with Crippen molar-refractivity contribution in [1.29, 1.82) is 0 Å². The van der Waals surface area contributed by atoms with Crippen molar-refractivity contribution in [2.45, 2.75) is 46.6 Å². The molecule has 0 aromatic carbocycles. The molecule has 0 fully saturated rings. The maximum absolute atomic E-state index is 11.8. The number of nitrogens with zero attached hydrogens (tertiary/aromatic N) is 1. The lowest BCUT2D eigenvalue weighted by Gasteiger charge is -2.27. The molecule has 0 heterocycles. The molecular formula is C13H26N2O3. The highest BCUT2D eigenvalue weighted by Crippen LogP contribution is 2.09. The van der Waals surface area contributed by atoms with E-state index in [1.54, 1.807) is 11.9 Å². The topological polar surface area (TPSA) is 69.6 Å². The Kier molecular flexibility index (Phi) is 7.39. The maximum atomic E-state index is 11.8. The number of rotatable bonds is 7. The summed E-state index contributed by atoms with van der Waals surface area (Å²) in [6.07, 6.45) is 1.03. The monoisotopic (exact) mass is 258 g/mol. The van der Waals surface area contributed by atoms with E-state index in [4.69, 9.17) is 5.11 Å². The largest absolute Gasteiger partial charge is 0.481 e. The summed E-state index contributed by atoms with van der Waals surface area (Å²) in [4.78, 5) is 24.0. The van der Waals surface area contributed by atoms with Gasteiger partial charge in [0, 0.05) is 26.1 Å². The van der Waals surface area contributed by atoms with Crippen molar-refractivity contribution in [2.24, 2.45) is 11.8 Å². The zero-order valence-corrected chi connectivity index (χ0v) is 12.1. The highest BCUT2D eigenvalue weighted by Gasteiger charge is 2.17. The first kappa shape index (κ1) is 16.7. The second-order valence-corrected chi connectivity index (χ2v) is 5.48. The van der Waals surface area contributed by atoms with Crippen LogP contribution in [0.2, 0.25) is 0 Å². The van der Waals surface area contributed by atoms with Gasteiger partial charge in [0.15, 0.2) is 0 Å². The number of hydrogen-bond acceptors (Lipinski definition) is 2. The molecule has 2 atom stereocenters.